The Morgan fingerprint density at radius 2 is 1.63 bits per heavy atom. The summed E-state index contributed by atoms with van der Waals surface area (Å²) in [4.78, 5) is 0.142. The lowest BCUT2D eigenvalue weighted by Gasteiger charge is -2.09. The van der Waals surface area contributed by atoms with E-state index in [0.29, 0.717) is 20.2 Å². The third-order valence-corrected chi connectivity index (χ3v) is 5.16. The van der Waals surface area contributed by atoms with Gasteiger partial charge < -0.3 is 0 Å². The van der Waals surface area contributed by atoms with Crippen LogP contribution in [0.4, 0.5) is 5.69 Å². The third kappa shape index (κ3) is 3.63. The van der Waals surface area contributed by atoms with Crippen molar-refractivity contribution in [3.63, 3.8) is 0 Å². The van der Waals surface area contributed by atoms with E-state index >= 15 is 0 Å². The molecule has 0 unspecified atom stereocenters. The maximum Gasteiger partial charge on any atom is 0.261 e. The molecule has 0 bridgehead atoms. The van der Waals surface area contributed by atoms with Crippen molar-refractivity contribution in [1.29, 1.82) is 0 Å². The van der Waals surface area contributed by atoms with Crippen molar-refractivity contribution in [2.24, 2.45) is 0 Å². The van der Waals surface area contributed by atoms with Gasteiger partial charge in [0.2, 0.25) is 0 Å². The molecule has 0 aliphatic heterocycles. The predicted molar refractivity (Wildman–Crippen MR) is 81.4 cm³/mol. The van der Waals surface area contributed by atoms with Gasteiger partial charge in [-0.2, -0.15) is 0 Å². The summed E-state index contributed by atoms with van der Waals surface area (Å²) in [6, 6.07) is 10.7. The van der Waals surface area contributed by atoms with Crippen LogP contribution in [0.5, 0.6) is 0 Å². The van der Waals surface area contributed by atoms with Crippen LogP contribution in [-0.2, 0) is 10.0 Å². The van der Waals surface area contributed by atoms with Crippen LogP contribution in [0.1, 0.15) is 0 Å². The second-order valence-electron chi connectivity index (χ2n) is 3.69. The highest BCUT2D eigenvalue weighted by Crippen LogP contribution is 2.27. The quantitative estimate of drug-likeness (QED) is 0.848. The zero-order valence-electron chi connectivity index (χ0n) is 9.40. The summed E-state index contributed by atoms with van der Waals surface area (Å²) in [7, 11) is -3.63. The molecule has 2 rings (SSSR count). The first-order chi connectivity index (χ1) is 8.88. The summed E-state index contributed by atoms with van der Waals surface area (Å²) in [5.74, 6) is 0. The molecule has 3 nitrogen and oxygen atoms in total. The Balaban J connectivity index is 2.30. The normalized spacial score (nSPS) is 11.3. The van der Waals surface area contributed by atoms with Crippen molar-refractivity contribution in [1.82, 2.24) is 0 Å². The molecular weight excluding hydrogens is 373 g/mol. The highest BCUT2D eigenvalue weighted by Gasteiger charge is 2.14. The SMILES string of the molecule is O=S(=O)(Nc1ccc(Cl)c(Br)c1)c1ccc(Cl)cc1. The van der Waals surface area contributed by atoms with E-state index < -0.39 is 10.0 Å². The van der Waals surface area contributed by atoms with Gasteiger partial charge in [0.05, 0.1) is 15.6 Å². The molecule has 0 atom stereocenters. The molecule has 0 fully saturated rings. The summed E-state index contributed by atoms with van der Waals surface area (Å²) in [6.45, 7) is 0. The zero-order chi connectivity index (χ0) is 14.0. The van der Waals surface area contributed by atoms with E-state index in [-0.39, 0.29) is 4.90 Å². The van der Waals surface area contributed by atoms with Crippen LogP contribution in [0, 0.1) is 0 Å². The van der Waals surface area contributed by atoms with Gasteiger partial charge in [0.25, 0.3) is 10.0 Å². The molecular formula is C12H8BrCl2NO2S. The van der Waals surface area contributed by atoms with E-state index in [2.05, 4.69) is 20.7 Å². The number of sulfonamides is 1. The summed E-state index contributed by atoms with van der Waals surface area (Å²) in [5, 5.41) is 0.989. The Labute approximate surface area is 129 Å². The van der Waals surface area contributed by atoms with Gasteiger partial charge in [-0.05, 0) is 58.4 Å². The minimum Gasteiger partial charge on any atom is -0.280 e. The van der Waals surface area contributed by atoms with Gasteiger partial charge >= 0.3 is 0 Å². The van der Waals surface area contributed by atoms with E-state index in [0.717, 1.165) is 0 Å². The maximum atomic E-state index is 12.1. The van der Waals surface area contributed by atoms with Crippen molar-refractivity contribution < 1.29 is 8.42 Å². The second kappa shape index (κ2) is 5.71. The highest BCUT2D eigenvalue weighted by molar-refractivity contribution is 9.10. The molecule has 19 heavy (non-hydrogen) atoms. The largest absolute Gasteiger partial charge is 0.280 e. The lowest BCUT2D eigenvalue weighted by molar-refractivity contribution is 0.601. The van der Waals surface area contributed by atoms with Gasteiger partial charge in [-0.25, -0.2) is 8.42 Å². The number of nitrogens with one attached hydrogen (secondary N) is 1. The first kappa shape index (κ1) is 14.7. The van der Waals surface area contributed by atoms with Crippen LogP contribution in [0.3, 0.4) is 0 Å². The molecule has 2 aromatic carbocycles. The number of rotatable bonds is 3. The van der Waals surface area contributed by atoms with Crippen LogP contribution in [-0.4, -0.2) is 8.42 Å². The monoisotopic (exact) mass is 379 g/mol. The topological polar surface area (TPSA) is 46.2 Å². The summed E-state index contributed by atoms with van der Waals surface area (Å²) >= 11 is 14.8. The number of halogens is 3. The van der Waals surface area contributed by atoms with Crippen molar-refractivity contribution >= 4 is 54.8 Å². The van der Waals surface area contributed by atoms with Gasteiger partial charge in [-0.15, -0.1) is 0 Å². The number of hydrogen-bond donors (Lipinski definition) is 1. The third-order valence-electron chi connectivity index (χ3n) is 2.30. The van der Waals surface area contributed by atoms with Crippen LogP contribution < -0.4 is 4.72 Å². The fourth-order valence-electron chi connectivity index (χ4n) is 1.39. The number of anilines is 1. The minimum absolute atomic E-state index is 0.142. The molecule has 0 radical (unpaired) electrons. The van der Waals surface area contributed by atoms with Gasteiger partial charge in [0.1, 0.15) is 0 Å². The number of benzene rings is 2. The molecule has 0 aliphatic carbocycles. The first-order valence-electron chi connectivity index (χ1n) is 5.12. The van der Waals surface area contributed by atoms with Crippen LogP contribution in [0.25, 0.3) is 0 Å². The Hall–Kier alpha value is -0.750. The zero-order valence-corrected chi connectivity index (χ0v) is 13.3. The molecule has 2 aromatic rings. The Morgan fingerprint density at radius 3 is 2.21 bits per heavy atom. The van der Waals surface area contributed by atoms with Crippen molar-refractivity contribution in [2.45, 2.75) is 4.90 Å². The molecule has 0 aliphatic rings. The second-order valence-corrected chi connectivity index (χ2v) is 7.07. The summed E-state index contributed by atoms with van der Waals surface area (Å²) in [5.41, 5.74) is 0.422. The van der Waals surface area contributed by atoms with Gasteiger partial charge in [-0.3, -0.25) is 4.72 Å². The standard InChI is InChI=1S/C12H8BrCl2NO2S/c13-11-7-9(3-6-12(11)15)16-19(17,18)10-4-1-8(14)2-5-10/h1-7,16H. The molecule has 1 N–H and O–H groups in total. The van der Waals surface area contributed by atoms with E-state index in [1.54, 1.807) is 18.2 Å². The van der Waals surface area contributed by atoms with E-state index in [9.17, 15) is 8.42 Å². The average molecular weight is 381 g/mol. The Morgan fingerprint density at radius 1 is 1.00 bits per heavy atom. The molecule has 7 heteroatoms. The fourth-order valence-corrected chi connectivity index (χ4v) is 3.06. The Kier molecular flexibility index (Phi) is 4.40. The van der Waals surface area contributed by atoms with Gasteiger partial charge in [0, 0.05) is 9.50 Å². The van der Waals surface area contributed by atoms with E-state index in [1.807, 2.05) is 0 Å². The molecule has 0 saturated carbocycles. The van der Waals surface area contributed by atoms with Crippen LogP contribution >= 0.6 is 39.1 Å². The van der Waals surface area contributed by atoms with Crippen molar-refractivity contribution in [2.75, 3.05) is 4.72 Å². The molecule has 0 amide bonds. The Bertz CT molecular complexity index is 702. The lowest BCUT2D eigenvalue weighted by atomic mass is 10.3. The predicted octanol–water partition coefficient (Wildman–Crippen LogP) is 4.56. The summed E-state index contributed by atoms with van der Waals surface area (Å²) < 4.78 is 27.3. The van der Waals surface area contributed by atoms with E-state index in [4.69, 9.17) is 23.2 Å². The van der Waals surface area contributed by atoms with Gasteiger partial charge in [-0.1, -0.05) is 23.2 Å². The lowest BCUT2D eigenvalue weighted by Crippen LogP contribution is -2.12. The van der Waals surface area contributed by atoms with E-state index in [1.165, 1.54) is 24.3 Å². The highest BCUT2D eigenvalue weighted by atomic mass is 79.9. The first-order valence-corrected chi connectivity index (χ1v) is 8.15. The molecule has 0 saturated heterocycles. The van der Waals surface area contributed by atoms with Crippen LogP contribution in [0.2, 0.25) is 10.0 Å². The number of hydrogen-bond acceptors (Lipinski definition) is 2. The minimum atomic E-state index is -3.63. The smallest absolute Gasteiger partial charge is 0.261 e. The molecule has 100 valence electrons. The van der Waals surface area contributed by atoms with Crippen molar-refractivity contribution in [3.05, 3.63) is 57.0 Å². The fraction of sp³-hybridized carbons (Fsp3) is 0. The van der Waals surface area contributed by atoms with Crippen molar-refractivity contribution in [3.8, 4) is 0 Å². The molecule has 0 heterocycles. The molecule has 0 aromatic heterocycles. The maximum absolute atomic E-state index is 12.1. The average Bonchev–Trinajstić information content (AvgIpc) is 2.34. The molecule has 0 spiro atoms. The summed E-state index contributed by atoms with van der Waals surface area (Å²) in [6.07, 6.45) is 0. The van der Waals surface area contributed by atoms with Gasteiger partial charge in [0.15, 0.2) is 0 Å². The van der Waals surface area contributed by atoms with Crippen LogP contribution in [0.15, 0.2) is 51.8 Å².